The highest BCUT2D eigenvalue weighted by Gasteiger charge is 2.08. The molecule has 96 valence electrons. The standard InChI is InChI=1S/C14H18N2O2/c1-3-9-15-13(17)8-10-16-14(18)12-7-5-4-6-11(12)2/h3-7H,1,8-10H2,2H3,(H,15,17)(H,16,18). The van der Waals surface area contributed by atoms with Crippen molar-refractivity contribution in [3.8, 4) is 0 Å². The van der Waals surface area contributed by atoms with E-state index >= 15 is 0 Å². The van der Waals surface area contributed by atoms with Crippen molar-refractivity contribution in [1.29, 1.82) is 0 Å². The summed E-state index contributed by atoms with van der Waals surface area (Å²) in [6.45, 7) is 6.17. The molecule has 2 amide bonds. The maximum Gasteiger partial charge on any atom is 0.251 e. The van der Waals surface area contributed by atoms with Crippen LogP contribution in [0, 0.1) is 6.92 Å². The zero-order valence-corrected chi connectivity index (χ0v) is 10.5. The summed E-state index contributed by atoms with van der Waals surface area (Å²) in [5.41, 5.74) is 1.56. The molecule has 1 rings (SSSR count). The molecule has 1 aromatic carbocycles. The maximum atomic E-state index is 11.8. The van der Waals surface area contributed by atoms with E-state index in [0.29, 0.717) is 18.7 Å². The molecule has 0 bridgehead atoms. The Morgan fingerprint density at radius 3 is 2.67 bits per heavy atom. The first kappa shape index (κ1) is 14.0. The summed E-state index contributed by atoms with van der Waals surface area (Å²) in [4.78, 5) is 23.1. The molecular formula is C14H18N2O2. The number of benzene rings is 1. The van der Waals surface area contributed by atoms with E-state index in [4.69, 9.17) is 0 Å². The Hall–Kier alpha value is -2.10. The molecule has 2 N–H and O–H groups in total. The van der Waals surface area contributed by atoms with Gasteiger partial charge in [0, 0.05) is 25.1 Å². The van der Waals surface area contributed by atoms with Crippen LogP contribution >= 0.6 is 0 Å². The Bertz CT molecular complexity index is 441. The van der Waals surface area contributed by atoms with Crippen LogP contribution in [0.4, 0.5) is 0 Å². The Balaban J connectivity index is 2.36. The normalized spacial score (nSPS) is 9.61. The van der Waals surface area contributed by atoms with Crippen molar-refractivity contribution in [2.45, 2.75) is 13.3 Å². The number of hydrogen-bond donors (Lipinski definition) is 2. The van der Waals surface area contributed by atoms with Crippen LogP contribution in [0.15, 0.2) is 36.9 Å². The zero-order valence-electron chi connectivity index (χ0n) is 10.5. The van der Waals surface area contributed by atoms with E-state index in [1.807, 2.05) is 25.1 Å². The molecule has 4 nitrogen and oxygen atoms in total. The second-order valence-electron chi connectivity index (χ2n) is 3.91. The van der Waals surface area contributed by atoms with Crippen LogP contribution in [0.5, 0.6) is 0 Å². The summed E-state index contributed by atoms with van der Waals surface area (Å²) in [6.07, 6.45) is 1.88. The van der Waals surface area contributed by atoms with Gasteiger partial charge >= 0.3 is 0 Å². The van der Waals surface area contributed by atoms with Gasteiger partial charge in [0.25, 0.3) is 5.91 Å². The van der Waals surface area contributed by atoms with Gasteiger partial charge in [0.1, 0.15) is 0 Å². The molecular weight excluding hydrogens is 228 g/mol. The average Bonchev–Trinajstić information content (AvgIpc) is 2.36. The maximum absolute atomic E-state index is 11.8. The van der Waals surface area contributed by atoms with Crippen LogP contribution in [0.2, 0.25) is 0 Å². The van der Waals surface area contributed by atoms with Gasteiger partial charge in [-0.3, -0.25) is 9.59 Å². The van der Waals surface area contributed by atoms with Gasteiger partial charge in [0.2, 0.25) is 5.91 Å². The van der Waals surface area contributed by atoms with Gasteiger partial charge in [-0.25, -0.2) is 0 Å². The summed E-state index contributed by atoms with van der Waals surface area (Å²) < 4.78 is 0. The van der Waals surface area contributed by atoms with Gasteiger partial charge in [-0.1, -0.05) is 24.3 Å². The van der Waals surface area contributed by atoms with Crippen molar-refractivity contribution in [3.05, 3.63) is 48.0 Å². The van der Waals surface area contributed by atoms with Gasteiger partial charge in [-0.15, -0.1) is 6.58 Å². The second kappa shape index (κ2) is 7.27. The zero-order chi connectivity index (χ0) is 13.4. The van der Waals surface area contributed by atoms with Gasteiger partial charge in [0.05, 0.1) is 0 Å². The molecule has 0 aliphatic heterocycles. The van der Waals surface area contributed by atoms with Crippen molar-refractivity contribution in [1.82, 2.24) is 10.6 Å². The summed E-state index contributed by atoms with van der Waals surface area (Å²) >= 11 is 0. The molecule has 0 saturated heterocycles. The highest BCUT2D eigenvalue weighted by Crippen LogP contribution is 2.06. The third kappa shape index (κ3) is 4.41. The van der Waals surface area contributed by atoms with E-state index in [1.165, 1.54) is 0 Å². The largest absolute Gasteiger partial charge is 0.353 e. The first-order chi connectivity index (χ1) is 8.65. The minimum Gasteiger partial charge on any atom is -0.353 e. The minimum absolute atomic E-state index is 0.0972. The fraction of sp³-hybridized carbons (Fsp3) is 0.286. The van der Waals surface area contributed by atoms with Crippen molar-refractivity contribution in [3.63, 3.8) is 0 Å². The van der Waals surface area contributed by atoms with Gasteiger partial charge in [0.15, 0.2) is 0 Å². The van der Waals surface area contributed by atoms with Crippen molar-refractivity contribution < 1.29 is 9.59 Å². The molecule has 18 heavy (non-hydrogen) atoms. The van der Waals surface area contributed by atoms with E-state index in [1.54, 1.807) is 12.1 Å². The predicted octanol–water partition coefficient (Wildman–Crippen LogP) is 1.42. The Labute approximate surface area is 107 Å². The molecule has 1 aromatic rings. The lowest BCUT2D eigenvalue weighted by Gasteiger charge is -2.07. The molecule has 0 saturated carbocycles. The van der Waals surface area contributed by atoms with E-state index in [-0.39, 0.29) is 18.2 Å². The van der Waals surface area contributed by atoms with E-state index in [9.17, 15) is 9.59 Å². The fourth-order valence-corrected chi connectivity index (χ4v) is 1.49. The number of carbonyl (C=O) groups is 2. The van der Waals surface area contributed by atoms with E-state index in [0.717, 1.165) is 5.56 Å². The third-order valence-electron chi connectivity index (χ3n) is 2.47. The lowest BCUT2D eigenvalue weighted by molar-refractivity contribution is -0.120. The third-order valence-corrected chi connectivity index (χ3v) is 2.47. The predicted molar refractivity (Wildman–Crippen MR) is 71.3 cm³/mol. The fourth-order valence-electron chi connectivity index (χ4n) is 1.49. The Morgan fingerprint density at radius 1 is 1.28 bits per heavy atom. The van der Waals surface area contributed by atoms with Crippen LogP contribution in [0.25, 0.3) is 0 Å². The molecule has 0 unspecified atom stereocenters. The highest BCUT2D eigenvalue weighted by molar-refractivity contribution is 5.95. The SMILES string of the molecule is C=CCNC(=O)CCNC(=O)c1ccccc1C. The number of carbonyl (C=O) groups excluding carboxylic acids is 2. The molecule has 0 aliphatic carbocycles. The monoisotopic (exact) mass is 246 g/mol. The highest BCUT2D eigenvalue weighted by atomic mass is 16.2. The molecule has 0 atom stereocenters. The van der Waals surface area contributed by atoms with Crippen LogP contribution in [0.1, 0.15) is 22.3 Å². The number of hydrogen-bond acceptors (Lipinski definition) is 2. The lowest BCUT2D eigenvalue weighted by Crippen LogP contribution is -2.31. The van der Waals surface area contributed by atoms with Crippen LogP contribution < -0.4 is 10.6 Å². The Morgan fingerprint density at radius 2 is 2.00 bits per heavy atom. The molecule has 0 radical (unpaired) electrons. The molecule has 4 heteroatoms. The minimum atomic E-state index is -0.148. The number of aryl methyl sites for hydroxylation is 1. The van der Waals surface area contributed by atoms with Gasteiger partial charge in [-0.2, -0.15) is 0 Å². The van der Waals surface area contributed by atoms with Crippen molar-refractivity contribution >= 4 is 11.8 Å². The smallest absolute Gasteiger partial charge is 0.251 e. The topological polar surface area (TPSA) is 58.2 Å². The summed E-state index contributed by atoms with van der Waals surface area (Å²) in [6, 6.07) is 7.35. The Kier molecular flexibility index (Phi) is 5.64. The molecule has 0 fully saturated rings. The number of rotatable bonds is 6. The molecule has 0 aliphatic rings. The summed E-state index contributed by atoms with van der Waals surface area (Å²) in [7, 11) is 0. The van der Waals surface area contributed by atoms with Gasteiger partial charge < -0.3 is 10.6 Å². The quantitative estimate of drug-likeness (QED) is 0.746. The molecule has 0 spiro atoms. The number of nitrogens with one attached hydrogen (secondary N) is 2. The number of amides is 2. The van der Waals surface area contributed by atoms with Crippen LogP contribution in [0.3, 0.4) is 0 Å². The lowest BCUT2D eigenvalue weighted by atomic mass is 10.1. The summed E-state index contributed by atoms with van der Waals surface area (Å²) in [5, 5.41) is 5.37. The molecule has 0 aromatic heterocycles. The molecule has 0 heterocycles. The van der Waals surface area contributed by atoms with Crippen LogP contribution in [-0.2, 0) is 4.79 Å². The van der Waals surface area contributed by atoms with Crippen LogP contribution in [-0.4, -0.2) is 24.9 Å². The first-order valence-electron chi connectivity index (χ1n) is 5.86. The average molecular weight is 246 g/mol. The summed E-state index contributed by atoms with van der Waals surface area (Å²) in [5.74, 6) is -0.246. The van der Waals surface area contributed by atoms with E-state index < -0.39 is 0 Å². The van der Waals surface area contributed by atoms with E-state index in [2.05, 4.69) is 17.2 Å². The first-order valence-corrected chi connectivity index (χ1v) is 5.86. The van der Waals surface area contributed by atoms with Gasteiger partial charge in [-0.05, 0) is 18.6 Å². The van der Waals surface area contributed by atoms with Crippen molar-refractivity contribution in [2.75, 3.05) is 13.1 Å². The second-order valence-corrected chi connectivity index (χ2v) is 3.91. The van der Waals surface area contributed by atoms with Crippen molar-refractivity contribution in [2.24, 2.45) is 0 Å².